The first kappa shape index (κ1) is 31.1. The van der Waals surface area contributed by atoms with E-state index in [2.05, 4.69) is 19.2 Å². The predicted octanol–water partition coefficient (Wildman–Crippen LogP) is 4.36. The van der Waals surface area contributed by atoms with Gasteiger partial charge in [-0.3, -0.25) is 4.79 Å². The van der Waals surface area contributed by atoms with Crippen LogP contribution in [0.2, 0.25) is 0 Å². The van der Waals surface area contributed by atoms with Crippen molar-refractivity contribution in [2.75, 3.05) is 41.9 Å². The third-order valence-corrected chi connectivity index (χ3v) is 5.55. The van der Waals surface area contributed by atoms with Crippen molar-refractivity contribution < 1.29 is 28.6 Å². The van der Waals surface area contributed by atoms with Crippen LogP contribution in [-0.2, 0) is 9.59 Å². The Labute approximate surface area is 205 Å². The third-order valence-electron chi connectivity index (χ3n) is 4.46. The highest BCUT2D eigenvalue weighted by molar-refractivity contribution is 7.99. The Balaban J connectivity index is 0.00000141. The molecule has 0 spiro atoms. The zero-order valence-corrected chi connectivity index (χ0v) is 21.1. The van der Waals surface area contributed by atoms with Crippen LogP contribution in [0.4, 0.5) is 15.8 Å². The van der Waals surface area contributed by atoms with E-state index < -0.39 is 6.10 Å². The SMILES string of the molecule is C=O.C=O.CCC.COc1ccc(C(=O)Nc2ccc(C)c(F)c2)cc1N1CCSCC(O)C1. The number of thioether (sulfide) groups is 1. The second-order valence-electron chi connectivity index (χ2n) is 7.19. The van der Waals surface area contributed by atoms with Crippen molar-refractivity contribution in [3.8, 4) is 5.75 Å². The normalized spacial score (nSPS) is 14.5. The quantitative estimate of drug-likeness (QED) is 0.652. The summed E-state index contributed by atoms with van der Waals surface area (Å²) < 4.78 is 19.2. The minimum Gasteiger partial charge on any atom is -0.495 e. The van der Waals surface area contributed by atoms with Crippen molar-refractivity contribution in [2.24, 2.45) is 0 Å². The first-order chi connectivity index (χ1) is 16.4. The number of nitrogens with one attached hydrogen (secondary N) is 1. The lowest BCUT2D eigenvalue weighted by atomic mass is 10.1. The first-order valence-electron chi connectivity index (χ1n) is 10.7. The summed E-state index contributed by atoms with van der Waals surface area (Å²) >= 11 is 1.70. The molecule has 2 aromatic rings. The van der Waals surface area contributed by atoms with Gasteiger partial charge in [0.25, 0.3) is 5.91 Å². The first-order valence-corrected chi connectivity index (χ1v) is 11.9. The highest BCUT2D eigenvalue weighted by Gasteiger charge is 2.21. The van der Waals surface area contributed by atoms with E-state index in [1.165, 1.54) is 12.5 Å². The second-order valence-corrected chi connectivity index (χ2v) is 8.34. The van der Waals surface area contributed by atoms with Crippen LogP contribution in [0.3, 0.4) is 0 Å². The van der Waals surface area contributed by atoms with Crippen molar-refractivity contribution >= 4 is 42.6 Å². The smallest absolute Gasteiger partial charge is 0.255 e. The Morgan fingerprint density at radius 2 is 1.85 bits per heavy atom. The molecule has 1 aliphatic rings. The van der Waals surface area contributed by atoms with Gasteiger partial charge in [-0.15, -0.1) is 0 Å². The van der Waals surface area contributed by atoms with Crippen LogP contribution >= 0.6 is 11.8 Å². The number of methoxy groups -OCH3 is 1. The number of hydrogen-bond donors (Lipinski definition) is 2. The third kappa shape index (κ3) is 9.93. The fraction of sp³-hybridized carbons (Fsp3) is 0.400. The number of anilines is 2. The van der Waals surface area contributed by atoms with E-state index in [-0.39, 0.29) is 11.7 Å². The monoisotopic (exact) mass is 494 g/mol. The van der Waals surface area contributed by atoms with Crippen LogP contribution in [0.5, 0.6) is 5.75 Å². The Kier molecular flexibility index (Phi) is 16.0. The number of amides is 1. The number of aryl methyl sites for hydroxylation is 1. The average molecular weight is 495 g/mol. The standard InChI is InChI=1S/C20H23FN2O3S.C3H8.2CH2O/c1-13-3-5-15(10-17(13)21)22-20(25)14-4-6-19(26-2)18(9-14)23-7-8-27-12-16(24)11-23;1-3-2;2*1-2/h3-6,9-10,16,24H,7-8,11-12H2,1-2H3,(H,22,25);3H2,1-2H3;2*1H2. The van der Waals surface area contributed by atoms with Gasteiger partial charge in [-0.2, -0.15) is 11.8 Å². The van der Waals surface area contributed by atoms with Crippen molar-refractivity contribution in [3.05, 3.63) is 53.3 Å². The summed E-state index contributed by atoms with van der Waals surface area (Å²) in [4.78, 5) is 30.7. The molecule has 3 rings (SSSR count). The van der Waals surface area contributed by atoms with Crippen molar-refractivity contribution in [1.29, 1.82) is 0 Å². The van der Waals surface area contributed by atoms with E-state index in [9.17, 15) is 14.3 Å². The highest BCUT2D eigenvalue weighted by atomic mass is 32.2. The number of aliphatic hydroxyl groups excluding tert-OH is 1. The summed E-state index contributed by atoms with van der Waals surface area (Å²) in [5.74, 6) is 1.54. The van der Waals surface area contributed by atoms with Gasteiger partial charge in [0.2, 0.25) is 0 Å². The minimum absolute atomic E-state index is 0.327. The Morgan fingerprint density at radius 1 is 1.21 bits per heavy atom. The molecule has 2 aromatic carbocycles. The molecule has 34 heavy (non-hydrogen) atoms. The van der Waals surface area contributed by atoms with Crippen LogP contribution in [0.15, 0.2) is 36.4 Å². The van der Waals surface area contributed by atoms with Gasteiger partial charge in [-0.1, -0.05) is 26.3 Å². The number of carbonyl (C=O) groups is 3. The highest BCUT2D eigenvalue weighted by Crippen LogP contribution is 2.31. The number of carbonyl (C=O) groups excluding carboxylic acids is 3. The lowest BCUT2D eigenvalue weighted by molar-refractivity contribution is -0.0987. The predicted molar refractivity (Wildman–Crippen MR) is 138 cm³/mol. The Bertz CT molecular complexity index is 882. The van der Waals surface area contributed by atoms with E-state index in [0.29, 0.717) is 34.9 Å². The van der Waals surface area contributed by atoms with Crippen LogP contribution in [0.1, 0.15) is 36.2 Å². The summed E-state index contributed by atoms with van der Waals surface area (Å²) in [6.45, 7) is 11.2. The Hall–Kier alpha value is -2.91. The number of rotatable bonds is 4. The summed E-state index contributed by atoms with van der Waals surface area (Å²) in [6, 6.07) is 9.76. The maximum atomic E-state index is 13.7. The van der Waals surface area contributed by atoms with Gasteiger partial charge in [-0.25, -0.2) is 4.39 Å². The van der Waals surface area contributed by atoms with E-state index in [0.717, 1.165) is 18.0 Å². The lowest BCUT2D eigenvalue weighted by Gasteiger charge is -2.26. The number of β-amino-alcohol motifs (C(OH)–C–C–N with tert-alkyl or cyclic N) is 1. The molecule has 9 heteroatoms. The number of hydrogen-bond acceptors (Lipinski definition) is 7. The molecule has 7 nitrogen and oxygen atoms in total. The summed E-state index contributed by atoms with van der Waals surface area (Å²) in [6.07, 6.45) is 0.815. The summed E-state index contributed by atoms with van der Waals surface area (Å²) in [5, 5.41) is 12.8. The Morgan fingerprint density at radius 3 is 2.44 bits per heavy atom. The molecule has 1 aliphatic heterocycles. The molecule has 1 saturated heterocycles. The molecule has 0 radical (unpaired) electrons. The van der Waals surface area contributed by atoms with Crippen LogP contribution in [0, 0.1) is 12.7 Å². The lowest BCUT2D eigenvalue weighted by Crippen LogP contribution is -2.33. The largest absolute Gasteiger partial charge is 0.495 e. The van der Waals surface area contributed by atoms with E-state index >= 15 is 0 Å². The maximum absolute atomic E-state index is 13.7. The molecule has 1 fully saturated rings. The van der Waals surface area contributed by atoms with E-state index in [1.807, 2.05) is 18.5 Å². The van der Waals surface area contributed by atoms with E-state index in [4.69, 9.17) is 14.3 Å². The van der Waals surface area contributed by atoms with Gasteiger partial charge in [0, 0.05) is 35.8 Å². The van der Waals surface area contributed by atoms with Gasteiger partial charge < -0.3 is 29.6 Å². The molecular weight excluding hydrogens is 459 g/mol. The molecule has 0 aliphatic carbocycles. The zero-order chi connectivity index (χ0) is 26.1. The molecule has 2 N–H and O–H groups in total. The van der Waals surface area contributed by atoms with Gasteiger partial charge in [-0.05, 0) is 42.8 Å². The molecule has 0 saturated carbocycles. The van der Waals surface area contributed by atoms with Crippen LogP contribution < -0.4 is 15.0 Å². The number of benzene rings is 2. The van der Waals surface area contributed by atoms with Gasteiger partial charge in [0.1, 0.15) is 25.1 Å². The molecular formula is C25H35FN2O5S. The fourth-order valence-corrected chi connectivity index (χ4v) is 3.86. The molecule has 1 atom stereocenters. The van der Waals surface area contributed by atoms with E-state index in [1.54, 1.807) is 56.1 Å². The molecule has 188 valence electrons. The number of ether oxygens (including phenoxy) is 1. The fourth-order valence-electron chi connectivity index (χ4n) is 2.96. The van der Waals surface area contributed by atoms with Gasteiger partial charge >= 0.3 is 0 Å². The average Bonchev–Trinajstić information content (AvgIpc) is 3.08. The molecule has 0 aromatic heterocycles. The molecule has 1 amide bonds. The van der Waals surface area contributed by atoms with Gasteiger partial charge in [0.15, 0.2) is 0 Å². The molecule has 1 unspecified atom stereocenters. The van der Waals surface area contributed by atoms with Gasteiger partial charge in [0.05, 0.1) is 18.9 Å². The maximum Gasteiger partial charge on any atom is 0.255 e. The topological polar surface area (TPSA) is 95.9 Å². The molecule has 0 bridgehead atoms. The summed E-state index contributed by atoms with van der Waals surface area (Å²) in [7, 11) is 1.58. The van der Waals surface area contributed by atoms with Crippen LogP contribution in [0.25, 0.3) is 0 Å². The zero-order valence-electron chi connectivity index (χ0n) is 20.3. The summed E-state index contributed by atoms with van der Waals surface area (Å²) in [5.41, 5.74) is 2.14. The van der Waals surface area contributed by atoms with Crippen molar-refractivity contribution in [1.82, 2.24) is 0 Å². The second kappa shape index (κ2) is 17.6. The van der Waals surface area contributed by atoms with Crippen molar-refractivity contribution in [3.63, 3.8) is 0 Å². The number of aliphatic hydroxyl groups is 1. The number of nitrogens with zero attached hydrogens (tertiary/aromatic N) is 1. The number of halogens is 1. The minimum atomic E-state index is -0.435. The molecule has 1 heterocycles. The van der Waals surface area contributed by atoms with Crippen LogP contribution in [-0.4, -0.2) is 62.4 Å². The van der Waals surface area contributed by atoms with Crippen molar-refractivity contribution in [2.45, 2.75) is 33.3 Å².